The number of methoxy groups -OCH3 is 1. The van der Waals surface area contributed by atoms with Gasteiger partial charge in [0.2, 0.25) is 0 Å². The molecule has 0 unspecified atom stereocenters. The Balaban J connectivity index is 2.05. The van der Waals surface area contributed by atoms with Crippen molar-refractivity contribution < 1.29 is 9.47 Å². The number of benzene rings is 1. The maximum Gasteiger partial charge on any atom is 0.120 e. The quantitative estimate of drug-likeness (QED) is 0.708. The molecule has 5 heteroatoms. The van der Waals surface area contributed by atoms with Gasteiger partial charge in [-0.3, -0.25) is 0 Å². The monoisotopic (exact) mass is 291 g/mol. The summed E-state index contributed by atoms with van der Waals surface area (Å²) < 4.78 is 10.5. The van der Waals surface area contributed by atoms with E-state index in [4.69, 9.17) is 32.7 Å². The molecule has 1 rings (SSSR count). The molecular weight excluding hydrogens is 273 g/mol. The number of nitrogens with one attached hydrogen (secondary N) is 1. The molecule has 1 aromatic carbocycles. The SMILES string of the molecule is COCCNCCCCOc1ccc(Cl)c(Cl)c1. The molecule has 0 radical (unpaired) electrons. The summed E-state index contributed by atoms with van der Waals surface area (Å²) in [5.74, 6) is 0.761. The van der Waals surface area contributed by atoms with E-state index in [0.717, 1.165) is 38.3 Å². The number of hydrogen-bond donors (Lipinski definition) is 1. The lowest BCUT2D eigenvalue weighted by Crippen LogP contribution is -2.20. The molecule has 0 aliphatic rings. The fraction of sp³-hybridized carbons (Fsp3) is 0.538. The number of halogens is 2. The summed E-state index contributed by atoms with van der Waals surface area (Å²) in [6, 6.07) is 5.30. The normalized spacial score (nSPS) is 10.6. The summed E-state index contributed by atoms with van der Waals surface area (Å²) in [6.07, 6.45) is 2.07. The summed E-state index contributed by atoms with van der Waals surface area (Å²) >= 11 is 11.7. The van der Waals surface area contributed by atoms with Crippen LogP contribution in [0.25, 0.3) is 0 Å². The van der Waals surface area contributed by atoms with Gasteiger partial charge in [-0.25, -0.2) is 0 Å². The van der Waals surface area contributed by atoms with Gasteiger partial charge in [0.05, 0.1) is 23.3 Å². The van der Waals surface area contributed by atoms with Gasteiger partial charge in [-0.05, 0) is 31.5 Å². The summed E-state index contributed by atoms with van der Waals surface area (Å²) in [6.45, 7) is 3.31. The van der Waals surface area contributed by atoms with E-state index in [-0.39, 0.29) is 0 Å². The minimum atomic E-state index is 0.524. The van der Waals surface area contributed by atoms with E-state index in [0.29, 0.717) is 16.7 Å². The Hall–Kier alpha value is -0.480. The Labute approximate surface area is 118 Å². The Kier molecular flexibility index (Phi) is 8.18. The van der Waals surface area contributed by atoms with Crippen LogP contribution in [0, 0.1) is 0 Å². The molecule has 18 heavy (non-hydrogen) atoms. The highest BCUT2D eigenvalue weighted by Gasteiger charge is 1.99. The van der Waals surface area contributed by atoms with E-state index in [1.165, 1.54) is 0 Å². The van der Waals surface area contributed by atoms with Crippen LogP contribution in [0.5, 0.6) is 5.75 Å². The van der Waals surface area contributed by atoms with Crippen LogP contribution >= 0.6 is 23.2 Å². The van der Waals surface area contributed by atoms with E-state index in [1.54, 1.807) is 19.2 Å². The van der Waals surface area contributed by atoms with Crippen molar-refractivity contribution in [2.45, 2.75) is 12.8 Å². The summed E-state index contributed by atoms with van der Waals surface area (Å²) in [5.41, 5.74) is 0. The van der Waals surface area contributed by atoms with Gasteiger partial charge in [0, 0.05) is 19.7 Å². The summed E-state index contributed by atoms with van der Waals surface area (Å²) in [7, 11) is 1.70. The Morgan fingerprint density at radius 1 is 1.06 bits per heavy atom. The number of hydrogen-bond acceptors (Lipinski definition) is 3. The molecule has 0 aliphatic carbocycles. The van der Waals surface area contributed by atoms with E-state index in [1.807, 2.05) is 6.07 Å². The van der Waals surface area contributed by atoms with Crippen molar-refractivity contribution >= 4 is 23.2 Å². The fourth-order valence-corrected chi connectivity index (χ4v) is 1.70. The molecule has 1 N–H and O–H groups in total. The van der Waals surface area contributed by atoms with Gasteiger partial charge in [-0.1, -0.05) is 23.2 Å². The maximum absolute atomic E-state index is 5.89. The van der Waals surface area contributed by atoms with Crippen LogP contribution in [0.3, 0.4) is 0 Å². The molecule has 0 saturated carbocycles. The predicted octanol–water partition coefficient (Wildman–Crippen LogP) is 3.39. The zero-order valence-electron chi connectivity index (χ0n) is 10.5. The molecule has 0 amide bonds. The third-order valence-electron chi connectivity index (χ3n) is 2.39. The second kappa shape index (κ2) is 9.45. The van der Waals surface area contributed by atoms with Crippen molar-refractivity contribution in [3.05, 3.63) is 28.2 Å². The third-order valence-corrected chi connectivity index (χ3v) is 3.13. The highest BCUT2D eigenvalue weighted by atomic mass is 35.5. The molecular formula is C13H19Cl2NO2. The Morgan fingerprint density at radius 3 is 2.61 bits per heavy atom. The van der Waals surface area contributed by atoms with Gasteiger partial charge in [0.1, 0.15) is 5.75 Å². The molecule has 0 bridgehead atoms. The molecule has 0 spiro atoms. The average Bonchev–Trinajstić information content (AvgIpc) is 2.37. The highest BCUT2D eigenvalue weighted by Crippen LogP contribution is 2.26. The molecule has 0 heterocycles. The lowest BCUT2D eigenvalue weighted by molar-refractivity contribution is 0.199. The van der Waals surface area contributed by atoms with Crippen LogP contribution in [0.1, 0.15) is 12.8 Å². The van der Waals surface area contributed by atoms with Gasteiger partial charge >= 0.3 is 0 Å². The first-order chi connectivity index (χ1) is 8.74. The van der Waals surface area contributed by atoms with Gasteiger partial charge in [0.15, 0.2) is 0 Å². The first-order valence-corrected chi connectivity index (χ1v) is 6.77. The second-order valence-electron chi connectivity index (χ2n) is 3.87. The summed E-state index contributed by atoms with van der Waals surface area (Å²) in [5, 5.41) is 4.35. The first kappa shape index (κ1) is 15.6. The molecule has 0 saturated heterocycles. The smallest absolute Gasteiger partial charge is 0.120 e. The fourth-order valence-electron chi connectivity index (χ4n) is 1.41. The minimum absolute atomic E-state index is 0.524. The molecule has 0 atom stereocenters. The maximum atomic E-state index is 5.89. The Morgan fingerprint density at radius 2 is 1.89 bits per heavy atom. The highest BCUT2D eigenvalue weighted by molar-refractivity contribution is 6.42. The zero-order valence-corrected chi connectivity index (χ0v) is 12.1. The van der Waals surface area contributed by atoms with E-state index >= 15 is 0 Å². The lowest BCUT2D eigenvalue weighted by atomic mass is 10.3. The predicted molar refractivity (Wildman–Crippen MR) is 75.9 cm³/mol. The van der Waals surface area contributed by atoms with Gasteiger partial charge in [0.25, 0.3) is 0 Å². The largest absolute Gasteiger partial charge is 0.494 e. The van der Waals surface area contributed by atoms with Crippen molar-refractivity contribution in [1.29, 1.82) is 0 Å². The molecule has 0 aliphatic heterocycles. The summed E-state index contributed by atoms with van der Waals surface area (Å²) in [4.78, 5) is 0. The molecule has 0 aromatic heterocycles. The van der Waals surface area contributed by atoms with E-state index in [2.05, 4.69) is 5.32 Å². The Bertz CT molecular complexity index is 348. The van der Waals surface area contributed by atoms with E-state index in [9.17, 15) is 0 Å². The van der Waals surface area contributed by atoms with Crippen LogP contribution in [0.2, 0.25) is 10.0 Å². The zero-order chi connectivity index (χ0) is 13.2. The molecule has 1 aromatic rings. The third kappa shape index (κ3) is 6.45. The van der Waals surface area contributed by atoms with Crippen LogP contribution in [-0.4, -0.2) is 33.4 Å². The first-order valence-electron chi connectivity index (χ1n) is 6.01. The minimum Gasteiger partial charge on any atom is -0.494 e. The van der Waals surface area contributed by atoms with Crippen LogP contribution < -0.4 is 10.1 Å². The van der Waals surface area contributed by atoms with Gasteiger partial charge in [-0.2, -0.15) is 0 Å². The molecule has 0 fully saturated rings. The topological polar surface area (TPSA) is 30.5 Å². The average molecular weight is 292 g/mol. The van der Waals surface area contributed by atoms with Crippen LogP contribution in [0.15, 0.2) is 18.2 Å². The second-order valence-corrected chi connectivity index (χ2v) is 4.69. The van der Waals surface area contributed by atoms with Crippen molar-refractivity contribution in [2.24, 2.45) is 0 Å². The molecule has 102 valence electrons. The number of unbranched alkanes of at least 4 members (excludes halogenated alkanes) is 1. The van der Waals surface area contributed by atoms with Crippen molar-refractivity contribution in [2.75, 3.05) is 33.4 Å². The van der Waals surface area contributed by atoms with Crippen LogP contribution in [-0.2, 0) is 4.74 Å². The van der Waals surface area contributed by atoms with Gasteiger partial charge < -0.3 is 14.8 Å². The standard InChI is InChI=1S/C13H19Cl2NO2/c1-17-9-7-16-6-2-3-8-18-11-4-5-12(14)13(15)10-11/h4-5,10,16H,2-3,6-9H2,1H3. The van der Waals surface area contributed by atoms with Crippen LogP contribution in [0.4, 0.5) is 0 Å². The van der Waals surface area contributed by atoms with Gasteiger partial charge in [-0.15, -0.1) is 0 Å². The molecule has 3 nitrogen and oxygen atoms in total. The number of rotatable bonds is 9. The lowest BCUT2D eigenvalue weighted by Gasteiger charge is -2.07. The van der Waals surface area contributed by atoms with Crippen molar-refractivity contribution in [3.8, 4) is 5.75 Å². The number of ether oxygens (including phenoxy) is 2. The van der Waals surface area contributed by atoms with E-state index < -0.39 is 0 Å². The van der Waals surface area contributed by atoms with Crippen molar-refractivity contribution in [1.82, 2.24) is 5.32 Å². The van der Waals surface area contributed by atoms with Crippen molar-refractivity contribution in [3.63, 3.8) is 0 Å².